The number of aromatic nitrogens is 3. The molecule has 0 saturated carbocycles. The van der Waals surface area contributed by atoms with Crippen molar-refractivity contribution in [2.24, 2.45) is 7.05 Å². The number of amides is 1. The number of likely N-dealkylation sites (N-methyl/N-ethyl adjacent to an activating group) is 1. The van der Waals surface area contributed by atoms with Crippen LogP contribution in [0.4, 0.5) is 0 Å². The monoisotopic (exact) mass is 308 g/mol. The first-order chi connectivity index (χ1) is 10.0. The lowest BCUT2D eigenvalue weighted by Crippen LogP contribution is -2.34. The number of hydrogen-bond acceptors (Lipinski definition) is 4. The van der Waals surface area contributed by atoms with E-state index in [0.717, 1.165) is 5.69 Å². The molecule has 1 unspecified atom stereocenters. The summed E-state index contributed by atoms with van der Waals surface area (Å²) in [4.78, 5) is 18.4. The number of aryl methyl sites for hydroxylation is 1. The second-order valence-electron chi connectivity index (χ2n) is 4.64. The van der Waals surface area contributed by atoms with Crippen LogP contribution >= 0.6 is 11.6 Å². The molecule has 21 heavy (non-hydrogen) atoms. The first-order valence-electron chi connectivity index (χ1n) is 6.40. The highest BCUT2D eigenvalue weighted by Gasteiger charge is 2.27. The Balaban J connectivity index is 2.28. The summed E-state index contributed by atoms with van der Waals surface area (Å²) in [5.74, 6) is -0.270. The minimum absolute atomic E-state index is 0.221. The predicted octanol–water partition coefficient (Wildman–Crippen LogP) is 1.93. The van der Waals surface area contributed by atoms with Crippen molar-refractivity contribution in [3.05, 3.63) is 47.0 Å². The number of carbonyl (C=O) groups is 1. The fraction of sp³-hybridized carbons (Fsp3) is 0.357. The summed E-state index contributed by atoms with van der Waals surface area (Å²) in [7, 11) is 4.99. The lowest BCUT2D eigenvalue weighted by atomic mass is 10.1. The summed E-state index contributed by atoms with van der Waals surface area (Å²) in [6, 6.07) is 5.25. The van der Waals surface area contributed by atoms with Crippen LogP contribution in [0.3, 0.4) is 0 Å². The standard InChI is InChI=1S/C14H17ClN4O2/c1-18-8-10(15)13(17-18)14(20)19(2)12(9-21-3)11-6-4-5-7-16-11/h4-8,12H,9H2,1-3H3. The van der Waals surface area contributed by atoms with E-state index >= 15 is 0 Å². The number of hydrogen-bond donors (Lipinski definition) is 0. The van der Waals surface area contributed by atoms with Crippen LogP contribution in [0.15, 0.2) is 30.6 Å². The smallest absolute Gasteiger partial charge is 0.276 e. The Hall–Kier alpha value is -1.92. The van der Waals surface area contributed by atoms with Gasteiger partial charge in [0.05, 0.1) is 23.4 Å². The third-order valence-corrected chi connectivity index (χ3v) is 3.40. The van der Waals surface area contributed by atoms with E-state index in [1.807, 2.05) is 18.2 Å². The lowest BCUT2D eigenvalue weighted by molar-refractivity contribution is 0.0589. The molecule has 0 aliphatic rings. The maximum absolute atomic E-state index is 12.6. The van der Waals surface area contributed by atoms with Gasteiger partial charge in [-0.1, -0.05) is 17.7 Å². The Morgan fingerprint density at radius 2 is 2.29 bits per heavy atom. The number of halogens is 1. The lowest BCUT2D eigenvalue weighted by Gasteiger charge is -2.26. The fourth-order valence-corrected chi connectivity index (χ4v) is 2.30. The number of methoxy groups -OCH3 is 1. The van der Waals surface area contributed by atoms with Crippen molar-refractivity contribution in [1.29, 1.82) is 0 Å². The minimum atomic E-state index is -0.304. The van der Waals surface area contributed by atoms with Crippen LogP contribution in [0, 0.1) is 0 Å². The molecular weight excluding hydrogens is 292 g/mol. The molecule has 1 amide bonds. The van der Waals surface area contributed by atoms with E-state index in [1.165, 1.54) is 4.68 Å². The summed E-state index contributed by atoms with van der Waals surface area (Å²) < 4.78 is 6.72. The van der Waals surface area contributed by atoms with Crippen LogP contribution in [0.2, 0.25) is 5.02 Å². The van der Waals surface area contributed by atoms with Crippen molar-refractivity contribution in [2.75, 3.05) is 20.8 Å². The molecule has 112 valence electrons. The van der Waals surface area contributed by atoms with Gasteiger partial charge in [-0.2, -0.15) is 5.10 Å². The molecule has 6 nitrogen and oxygen atoms in total. The summed E-state index contributed by atoms with van der Waals surface area (Å²) in [5, 5.41) is 4.43. The molecular formula is C14H17ClN4O2. The van der Waals surface area contributed by atoms with Crippen molar-refractivity contribution in [3.8, 4) is 0 Å². The Morgan fingerprint density at radius 3 is 2.81 bits per heavy atom. The fourth-order valence-electron chi connectivity index (χ4n) is 2.04. The van der Waals surface area contributed by atoms with Gasteiger partial charge in [0, 0.05) is 33.6 Å². The minimum Gasteiger partial charge on any atom is -0.382 e. The number of rotatable bonds is 5. The van der Waals surface area contributed by atoms with E-state index < -0.39 is 0 Å². The number of pyridine rings is 1. The normalized spacial score (nSPS) is 12.2. The van der Waals surface area contributed by atoms with E-state index in [4.69, 9.17) is 16.3 Å². The molecule has 2 heterocycles. The van der Waals surface area contributed by atoms with Gasteiger partial charge in [-0.25, -0.2) is 0 Å². The Morgan fingerprint density at radius 1 is 1.52 bits per heavy atom. The van der Waals surface area contributed by atoms with Gasteiger partial charge in [-0.15, -0.1) is 0 Å². The van der Waals surface area contributed by atoms with Gasteiger partial charge in [0.15, 0.2) is 5.69 Å². The highest BCUT2D eigenvalue weighted by atomic mass is 35.5. The molecule has 0 aliphatic heterocycles. The first kappa shape index (κ1) is 15.5. The summed E-state index contributed by atoms with van der Waals surface area (Å²) in [5.41, 5.74) is 0.973. The molecule has 0 radical (unpaired) electrons. The summed E-state index contributed by atoms with van der Waals surface area (Å²) >= 11 is 6.03. The quantitative estimate of drug-likeness (QED) is 0.847. The van der Waals surface area contributed by atoms with Crippen molar-refractivity contribution in [1.82, 2.24) is 19.7 Å². The van der Waals surface area contributed by atoms with Crippen molar-refractivity contribution >= 4 is 17.5 Å². The molecule has 7 heteroatoms. The van der Waals surface area contributed by atoms with Crippen molar-refractivity contribution in [3.63, 3.8) is 0 Å². The molecule has 0 spiro atoms. The van der Waals surface area contributed by atoms with Gasteiger partial charge in [-0.05, 0) is 12.1 Å². The van der Waals surface area contributed by atoms with Crippen LogP contribution in [0.5, 0.6) is 0 Å². The van der Waals surface area contributed by atoms with E-state index in [2.05, 4.69) is 10.1 Å². The van der Waals surface area contributed by atoms with Gasteiger partial charge in [0.2, 0.25) is 0 Å². The third kappa shape index (κ3) is 3.40. The van der Waals surface area contributed by atoms with Crippen molar-refractivity contribution < 1.29 is 9.53 Å². The molecule has 1 atom stereocenters. The predicted molar refractivity (Wildman–Crippen MR) is 79.2 cm³/mol. The SMILES string of the molecule is COCC(c1ccccn1)N(C)C(=O)c1nn(C)cc1Cl. The number of carbonyl (C=O) groups excluding carboxylic acids is 1. The van der Waals surface area contributed by atoms with E-state index in [9.17, 15) is 4.79 Å². The van der Waals surface area contributed by atoms with Gasteiger partial charge in [-0.3, -0.25) is 14.5 Å². The first-order valence-corrected chi connectivity index (χ1v) is 6.78. The highest BCUT2D eigenvalue weighted by molar-refractivity contribution is 6.33. The zero-order chi connectivity index (χ0) is 15.4. The van der Waals surface area contributed by atoms with Crippen LogP contribution in [0.25, 0.3) is 0 Å². The molecule has 0 aromatic carbocycles. The summed E-state index contributed by atoms with van der Waals surface area (Å²) in [6.45, 7) is 0.337. The molecule has 0 saturated heterocycles. The zero-order valence-corrected chi connectivity index (χ0v) is 12.9. The van der Waals surface area contributed by atoms with Gasteiger partial charge < -0.3 is 9.64 Å². The van der Waals surface area contributed by atoms with E-state index in [0.29, 0.717) is 11.6 Å². The molecule has 2 aromatic heterocycles. The van der Waals surface area contributed by atoms with Gasteiger partial charge in [0.25, 0.3) is 5.91 Å². The van der Waals surface area contributed by atoms with E-state index in [-0.39, 0.29) is 17.6 Å². The number of nitrogens with zero attached hydrogens (tertiary/aromatic N) is 4. The van der Waals surface area contributed by atoms with Crippen LogP contribution in [0.1, 0.15) is 22.2 Å². The Labute approximate surface area is 128 Å². The highest BCUT2D eigenvalue weighted by Crippen LogP contribution is 2.22. The second-order valence-corrected chi connectivity index (χ2v) is 5.05. The van der Waals surface area contributed by atoms with Crippen LogP contribution in [-0.4, -0.2) is 46.3 Å². The van der Waals surface area contributed by atoms with Crippen LogP contribution in [-0.2, 0) is 11.8 Å². The topological polar surface area (TPSA) is 60.2 Å². The maximum Gasteiger partial charge on any atom is 0.276 e. The molecule has 2 rings (SSSR count). The largest absolute Gasteiger partial charge is 0.382 e. The zero-order valence-electron chi connectivity index (χ0n) is 12.2. The molecule has 0 bridgehead atoms. The Kier molecular flexibility index (Phi) is 4.93. The molecule has 2 aromatic rings. The van der Waals surface area contributed by atoms with E-state index in [1.54, 1.807) is 38.5 Å². The molecule has 0 N–H and O–H groups in total. The second kappa shape index (κ2) is 6.69. The maximum atomic E-state index is 12.6. The third-order valence-electron chi connectivity index (χ3n) is 3.13. The number of ether oxygens (including phenoxy) is 1. The van der Waals surface area contributed by atoms with Crippen LogP contribution < -0.4 is 0 Å². The van der Waals surface area contributed by atoms with Gasteiger partial charge in [0.1, 0.15) is 0 Å². The molecule has 0 fully saturated rings. The van der Waals surface area contributed by atoms with Gasteiger partial charge >= 0.3 is 0 Å². The Bertz CT molecular complexity index is 615. The summed E-state index contributed by atoms with van der Waals surface area (Å²) in [6.07, 6.45) is 3.28. The molecule has 0 aliphatic carbocycles. The average Bonchev–Trinajstić information content (AvgIpc) is 2.83. The van der Waals surface area contributed by atoms with Crippen molar-refractivity contribution in [2.45, 2.75) is 6.04 Å². The average molecular weight is 309 g/mol.